The summed E-state index contributed by atoms with van der Waals surface area (Å²) in [6.07, 6.45) is 1.80. The first-order chi connectivity index (χ1) is 22.4. The summed E-state index contributed by atoms with van der Waals surface area (Å²) in [5.74, 6) is -2.27. The lowest BCUT2D eigenvalue weighted by atomic mass is 10.0. The Morgan fingerprint density at radius 3 is 2.06 bits per heavy atom. The maximum absolute atomic E-state index is 14.0. The average Bonchev–Trinajstić information content (AvgIpc) is 3.59. The molecule has 0 spiro atoms. The number of hydrogen-bond donors (Lipinski definition) is 1. The molecule has 1 N–H and O–H groups in total. The van der Waals surface area contributed by atoms with E-state index in [0.29, 0.717) is 38.6 Å². The topological polar surface area (TPSA) is 131 Å². The SMILES string of the molecule is CC(C)C[C@H](NC(=O)OC(C)(C)C)C(=O)N1CCC[C@@H]1C(=O)N1C(C(=O)OCCCc2ccccc2)C1C(=O)OCc1ccccc1. The number of esters is 2. The first-order valence-electron chi connectivity index (χ1n) is 16.4. The zero-order valence-electron chi connectivity index (χ0n) is 28.0. The summed E-state index contributed by atoms with van der Waals surface area (Å²) < 4.78 is 16.4. The number of ether oxygens (including phenoxy) is 3. The van der Waals surface area contributed by atoms with Gasteiger partial charge in [0.25, 0.3) is 0 Å². The van der Waals surface area contributed by atoms with Crippen LogP contribution in [-0.4, -0.2) is 82.6 Å². The summed E-state index contributed by atoms with van der Waals surface area (Å²) >= 11 is 0. The number of benzene rings is 2. The number of rotatable bonds is 13. The Morgan fingerprint density at radius 2 is 1.47 bits per heavy atom. The largest absolute Gasteiger partial charge is 0.464 e. The minimum absolute atomic E-state index is 0.0156. The summed E-state index contributed by atoms with van der Waals surface area (Å²) in [7, 11) is 0. The van der Waals surface area contributed by atoms with Crippen LogP contribution in [0.5, 0.6) is 0 Å². The van der Waals surface area contributed by atoms with E-state index in [4.69, 9.17) is 14.2 Å². The van der Waals surface area contributed by atoms with Gasteiger partial charge in [0.1, 0.15) is 24.3 Å². The molecule has 11 nitrogen and oxygen atoms in total. The molecule has 0 aliphatic carbocycles. The van der Waals surface area contributed by atoms with E-state index >= 15 is 0 Å². The van der Waals surface area contributed by atoms with Crippen molar-refractivity contribution >= 4 is 29.8 Å². The molecule has 3 amide bonds. The smallest absolute Gasteiger partial charge is 0.408 e. The Hall–Kier alpha value is -4.41. The van der Waals surface area contributed by atoms with Gasteiger partial charge >= 0.3 is 18.0 Å². The Balaban J connectivity index is 1.45. The number of nitrogens with zero attached hydrogens (tertiary/aromatic N) is 2. The standard InChI is InChI=1S/C36H47N3O8/c1-24(2)22-27(37-35(44)47-36(3,4)5)31(40)38-20-12-19-28(38)32(41)39-29(30(39)34(43)46-23-26-16-10-7-11-17-26)33(42)45-21-13-18-25-14-8-6-9-15-25/h6-11,14-17,24,27-30H,12-13,18-23H2,1-5H3,(H,37,44)/t27-,28+,29?,30?,39?/m0/s1. The molecular weight excluding hydrogens is 602 g/mol. The maximum atomic E-state index is 14.0. The molecule has 2 unspecified atom stereocenters. The van der Waals surface area contributed by atoms with Gasteiger partial charge < -0.3 is 29.3 Å². The van der Waals surface area contributed by atoms with Crippen LogP contribution in [0, 0.1) is 5.92 Å². The highest BCUT2D eigenvalue weighted by molar-refractivity contribution is 6.03. The molecule has 254 valence electrons. The summed E-state index contributed by atoms with van der Waals surface area (Å²) in [6, 6.07) is 14.8. The van der Waals surface area contributed by atoms with Crippen molar-refractivity contribution in [2.75, 3.05) is 13.2 Å². The minimum atomic E-state index is -1.16. The van der Waals surface area contributed by atoms with Crippen molar-refractivity contribution < 1.29 is 38.2 Å². The lowest BCUT2D eigenvalue weighted by Crippen LogP contribution is -2.53. The fraction of sp³-hybridized carbons (Fsp3) is 0.528. The van der Waals surface area contributed by atoms with Crippen molar-refractivity contribution in [3.05, 3.63) is 71.8 Å². The molecule has 0 bridgehead atoms. The van der Waals surface area contributed by atoms with Crippen LogP contribution in [0.4, 0.5) is 4.79 Å². The van der Waals surface area contributed by atoms with Gasteiger partial charge in [0.2, 0.25) is 11.8 Å². The number of hydrogen-bond acceptors (Lipinski definition) is 8. The quantitative estimate of drug-likeness (QED) is 0.146. The second-order valence-corrected chi connectivity index (χ2v) is 13.5. The van der Waals surface area contributed by atoms with Crippen molar-refractivity contribution in [3.63, 3.8) is 0 Å². The van der Waals surface area contributed by atoms with Crippen LogP contribution in [0.2, 0.25) is 0 Å². The third-order valence-corrected chi connectivity index (χ3v) is 7.98. The van der Waals surface area contributed by atoms with Gasteiger partial charge in [-0.15, -0.1) is 0 Å². The van der Waals surface area contributed by atoms with Gasteiger partial charge in [0.15, 0.2) is 12.1 Å². The number of likely N-dealkylation sites (tertiary alicyclic amines) is 1. The van der Waals surface area contributed by atoms with E-state index in [1.807, 2.05) is 74.5 Å². The van der Waals surface area contributed by atoms with E-state index < -0.39 is 59.6 Å². The Kier molecular flexibility index (Phi) is 12.0. The van der Waals surface area contributed by atoms with Crippen molar-refractivity contribution in [1.29, 1.82) is 0 Å². The summed E-state index contributed by atoms with van der Waals surface area (Å²) in [5, 5.41) is 2.69. The van der Waals surface area contributed by atoms with Crippen LogP contribution in [0.15, 0.2) is 60.7 Å². The summed E-state index contributed by atoms with van der Waals surface area (Å²) in [6.45, 7) is 9.47. The lowest BCUT2D eigenvalue weighted by Gasteiger charge is -2.30. The van der Waals surface area contributed by atoms with E-state index in [2.05, 4.69) is 5.32 Å². The molecule has 2 aliphatic rings. The molecule has 4 rings (SSSR count). The van der Waals surface area contributed by atoms with E-state index in [1.54, 1.807) is 20.8 Å². The Bertz CT molecular complexity index is 1390. The van der Waals surface area contributed by atoms with Gasteiger partial charge in [-0.1, -0.05) is 74.5 Å². The third kappa shape index (κ3) is 10.0. The monoisotopic (exact) mass is 649 g/mol. The molecule has 4 atom stereocenters. The molecule has 2 heterocycles. The molecule has 47 heavy (non-hydrogen) atoms. The van der Waals surface area contributed by atoms with Crippen molar-refractivity contribution in [2.45, 2.75) is 103 Å². The fourth-order valence-electron chi connectivity index (χ4n) is 5.79. The normalized spacial score (nSPS) is 19.6. The second-order valence-electron chi connectivity index (χ2n) is 13.5. The van der Waals surface area contributed by atoms with Crippen LogP contribution in [-0.2, 0) is 46.4 Å². The van der Waals surface area contributed by atoms with E-state index in [-0.39, 0.29) is 19.1 Å². The predicted molar refractivity (Wildman–Crippen MR) is 174 cm³/mol. The highest BCUT2D eigenvalue weighted by atomic mass is 16.6. The first-order valence-corrected chi connectivity index (χ1v) is 16.4. The number of alkyl carbamates (subject to hydrolysis) is 1. The van der Waals surface area contributed by atoms with E-state index in [9.17, 15) is 24.0 Å². The third-order valence-electron chi connectivity index (χ3n) is 7.98. The van der Waals surface area contributed by atoms with Gasteiger partial charge in [0.05, 0.1) is 6.61 Å². The van der Waals surface area contributed by atoms with Crippen LogP contribution in [0.25, 0.3) is 0 Å². The van der Waals surface area contributed by atoms with E-state index in [0.717, 1.165) is 11.1 Å². The van der Waals surface area contributed by atoms with Crippen LogP contribution in [0.3, 0.4) is 0 Å². The van der Waals surface area contributed by atoms with Crippen molar-refractivity contribution in [2.24, 2.45) is 5.92 Å². The van der Waals surface area contributed by atoms with E-state index in [1.165, 1.54) is 9.80 Å². The average molecular weight is 650 g/mol. The molecular formula is C36H47N3O8. The molecule has 2 saturated heterocycles. The van der Waals surface area contributed by atoms with Gasteiger partial charge in [-0.25, -0.2) is 14.4 Å². The highest BCUT2D eigenvalue weighted by Crippen LogP contribution is 2.35. The molecule has 0 aromatic heterocycles. The molecule has 2 fully saturated rings. The number of nitrogens with one attached hydrogen (secondary N) is 1. The van der Waals surface area contributed by atoms with Crippen molar-refractivity contribution in [1.82, 2.24) is 15.1 Å². The lowest BCUT2D eigenvalue weighted by molar-refractivity contribution is -0.148. The maximum Gasteiger partial charge on any atom is 0.408 e. The summed E-state index contributed by atoms with van der Waals surface area (Å²) in [4.78, 5) is 69.6. The zero-order valence-corrected chi connectivity index (χ0v) is 28.0. The van der Waals surface area contributed by atoms with Crippen LogP contribution < -0.4 is 5.32 Å². The van der Waals surface area contributed by atoms with Crippen LogP contribution in [0.1, 0.15) is 71.4 Å². The molecule has 11 heteroatoms. The number of amides is 3. The Morgan fingerprint density at radius 1 is 0.872 bits per heavy atom. The zero-order chi connectivity index (χ0) is 34.1. The minimum Gasteiger partial charge on any atom is -0.464 e. The molecule has 2 aliphatic heterocycles. The highest BCUT2D eigenvalue weighted by Gasteiger charge is 2.63. The predicted octanol–water partition coefficient (Wildman–Crippen LogP) is 4.42. The number of carbonyl (C=O) groups is 5. The van der Waals surface area contributed by atoms with Crippen molar-refractivity contribution in [3.8, 4) is 0 Å². The van der Waals surface area contributed by atoms with Gasteiger partial charge in [0, 0.05) is 6.54 Å². The molecule has 2 aromatic carbocycles. The van der Waals surface area contributed by atoms with Gasteiger partial charge in [-0.3, -0.25) is 9.59 Å². The summed E-state index contributed by atoms with van der Waals surface area (Å²) in [5.41, 5.74) is 1.12. The van der Waals surface area contributed by atoms with Gasteiger partial charge in [-0.2, -0.15) is 0 Å². The van der Waals surface area contributed by atoms with Gasteiger partial charge in [-0.05, 0) is 69.9 Å². The second kappa shape index (κ2) is 15.9. The Labute approximate surface area is 276 Å². The molecule has 0 saturated carbocycles. The fourth-order valence-corrected chi connectivity index (χ4v) is 5.79. The number of aryl methyl sites for hydroxylation is 1. The first kappa shape index (κ1) is 35.4. The number of carbonyl (C=O) groups excluding carboxylic acids is 5. The van der Waals surface area contributed by atoms with Crippen LogP contribution >= 0.6 is 0 Å². The molecule has 2 aromatic rings. The molecule has 0 radical (unpaired) electrons.